The average molecular weight is 315 g/mol. The molecule has 1 aromatic carbocycles. The summed E-state index contributed by atoms with van der Waals surface area (Å²) >= 11 is 0. The van der Waals surface area contributed by atoms with E-state index in [1.54, 1.807) is 27.7 Å². The van der Waals surface area contributed by atoms with E-state index in [1.165, 1.54) is 6.07 Å². The summed E-state index contributed by atoms with van der Waals surface area (Å²) in [6, 6.07) is 1.95. The van der Waals surface area contributed by atoms with E-state index in [4.69, 9.17) is 5.11 Å². The van der Waals surface area contributed by atoms with Crippen molar-refractivity contribution in [2.45, 2.75) is 38.6 Å². The van der Waals surface area contributed by atoms with Gasteiger partial charge in [-0.25, -0.2) is 17.9 Å². The Morgan fingerprint density at radius 1 is 1.29 bits per heavy atom. The highest BCUT2D eigenvalue weighted by molar-refractivity contribution is 7.89. The molecule has 0 saturated carbocycles. The lowest BCUT2D eigenvalue weighted by Crippen LogP contribution is -2.41. The second-order valence-electron chi connectivity index (χ2n) is 5.38. The molecule has 0 radical (unpaired) electrons. The van der Waals surface area contributed by atoms with E-state index >= 15 is 0 Å². The third-order valence-electron chi connectivity index (χ3n) is 3.46. The van der Waals surface area contributed by atoms with Crippen molar-refractivity contribution >= 4 is 16.0 Å². The van der Waals surface area contributed by atoms with E-state index < -0.39 is 22.0 Å². The first-order valence-corrected chi connectivity index (χ1v) is 8.06. The van der Waals surface area contributed by atoms with Crippen LogP contribution in [0.3, 0.4) is 0 Å². The predicted octanol–water partition coefficient (Wildman–Crippen LogP) is 1.30. The van der Waals surface area contributed by atoms with Gasteiger partial charge in [0.1, 0.15) is 0 Å². The fourth-order valence-electron chi connectivity index (χ4n) is 1.88. The zero-order chi connectivity index (χ0) is 16.4. The fourth-order valence-corrected chi connectivity index (χ4v) is 3.59. The number of aromatic carboxylic acids is 1. The van der Waals surface area contributed by atoms with Crippen LogP contribution >= 0.6 is 0 Å². The van der Waals surface area contributed by atoms with Crippen LogP contribution in [0, 0.1) is 19.8 Å². The molecule has 0 aromatic heterocycles. The minimum atomic E-state index is -3.90. The van der Waals surface area contributed by atoms with Crippen molar-refractivity contribution in [2.24, 2.45) is 5.92 Å². The van der Waals surface area contributed by atoms with E-state index in [2.05, 4.69) is 4.72 Å². The first-order chi connectivity index (χ1) is 9.60. The monoisotopic (exact) mass is 315 g/mol. The number of rotatable bonds is 6. The van der Waals surface area contributed by atoms with Gasteiger partial charge in [0.25, 0.3) is 0 Å². The molecule has 0 amide bonds. The molecule has 1 unspecified atom stereocenters. The maximum absolute atomic E-state index is 12.4. The van der Waals surface area contributed by atoms with E-state index in [9.17, 15) is 18.3 Å². The minimum Gasteiger partial charge on any atom is -0.478 e. The lowest BCUT2D eigenvalue weighted by molar-refractivity contribution is 0.0696. The van der Waals surface area contributed by atoms with Crippen LogP contribution in [0.5, 0.6) is 0 Å². The number of aliphatic hydroxyl groups is 1. The first kappa shape index (κ1) is 17.6. The summed E-state index contributed by atoms with van der Waals surface area (Å²) in [6.45, 7) is 6.53. The van der Waals surface area contributed by atoms with Crippen molar-refractivity contribution in [1.29, 1.82) is 0 Å². The van der Waals surface area contributed by atoms with E-state index in [-0.39, 0.29) is 23.0 Å². The molecule has 6 nitrogen and oxygen atoms in total. The van der Waals surface area contributed by atoms with Gasteiger partial charge in [-0.1, -0.05) is 13.8 Å². The highest BCUT2D eigenvalue weighted by Gasteiger charge is 2.25. The molecule has 0 bridgehead atoms. The Labute approximate surface area is 124 Å². The van der Waals surface area contributed by atoms with Gasteiger partial charge in [0.15, 0.2) is 0 Å². The van der Waals surface area contributed by atoms with Gasteiger partial charge in [-0.05, 0) is 43.0 Å². The predicted molar refractivity (Wildman–Crippen MR) is 78.9 cm³/mol. The summed E-state index contributed by atoms with van der Waals surface area (Å²) < 4.78 is 27.3. The highest BCUT2D eigenvalue weighted by atomic mass is 32.2. The molecule has 0 fully saturated rings. The summed E-state index contributed by atoms with van der Waals surface area (Å²) in [5, 5.41) is 18.3. The Bertz CT molecular complexity index is 637. The van der Waals surface area contributed by atoms with Crippen LogP contribution in [-0.2, 0) is 10.0 Å². The summed E-state index contributed by atoms with van der Waals surface area (Å²) in [5.41, 5.74) is 0.997. The number of aryl methyl sites for hydroxylation is 1. The van der Waals surface area contributed by atoms with Gasteiger partial charge in [0, 0.05) is 6.04 Å². The zero-order valence-electron chi connectivity index (χ0n) is 12.5. The molecule has 0 saturated heterocycles. The van der Waals surface area contributed by atoms with E-state index in [0.717, 1.165) is 6.07 Å². The topological polar surface area (TPSA) is 104 Å². The summed E-state index contributed by atoms with van der Waals surface area (Å²) in [6.07, 6.45) is 0. The number of carboxylic acids is 1. The Hall–Kier alpha value is -1.44. The van der Waals surface area contributed by atoms with E-state index in [0.29, 0.717) is 11.1 Å². The van der Waals surface area contributed by atoms with Crippen LogP contribution in [0.15, 0.2) is 17.0 Å². The Morgan fingerprint density at radius 2 is 1.86 bits per heavy atom. The Kier molecular flexibility index (Phi) is 5.49. The second kappa shape index (κ2) is 6.55. The van der Waals surface area contributed by atoms with Gasteiger partial charge in [-0.15, -0.1) is 0 Å². The van der Waals surface area contributed by atoms with Crippen LogP contribution in [-0.4, -0.2) is 37.2 Å². The Balaban J connectivity index is 3.34. The molecule has 0 aliphatic heterocycles. The van der Waals surface area contributed by atoms with Gasteiger partial charge in [0.05, 0.1) is 17.1 Å². The van der Waals surface area contributed by atoms with Crippen LogP contribution < -0.4 is 4.72 Å². The average Bonchev–Trinajstić information content (AvgIpc) is 2.38. The third kappa shape index (κ3) is 4.03. The standard InChI is InChI=1S/C14H21NO5S/c1-8(2)12(7-16)15-21(19,20)13-6-11(14(17)18)5-9(3)10(13)4/h5-6,8,12,15-16H,7H2,1-4H3,(H,17,18). The van der Waals surface area contributed by atoms with Gasteiger partial charge >= 0.3 is 5.97 Å². The molecule has 1 rings (SSSR count). The van der Waals surface area contributed by atoms with Gasteiger partial charge in [-0.2, -0.15) is 0 Å². The number of hydrogen-bond donors (Lipinski definition) is 3. The molecule has 7 heteroatoms. The number of carbonyl (C=O) groups is 1. The van der Waals surface area contributed by atoms with Crippen molar-refractivity contribution in [3.05, 3.63) is 28.8 Å². The highest BCUT2D eigenvalue weighted by Crippen LogP contribution is 2.22. The van der Waals surface area contributed by atoms with Gasteiger partial charge in [0.2, 0.25) is 10.0 Å². The summed E-state index contributed by atoms with van der Waals surface area (Å²) in [4.78, 5) is 11.0. The second-order valence-corrected chi connectivity index (χ2v) is 7.06. The van der Waals surface area contributed by atoms with Gasteiger partial charge < -0.3 is 10.2 Å². The van der Waals surface area contributed by atoms with E-state index in [1.807, 2.05) is 0 Å². The van der Waals surface area contributed by atoms with Crippen LogP contribution in [0.2, 0.25) is 0 Å². The third-order valence-corrected chi connectivity index (χ3v) is 5.08. The van der Waals surface area contributed by atoms with Crippen LogP contribution in [0.25, 0.3) is 0 Å². The SMILES string of the molecule is Cc1cc(C(=O)O)cc(S(=O)(=O)NC(CO)C(C)C)c1C. The van der Waals surface area contributed by atoms with Crippen molar-refractivity contribution in [3.63, 3.8) is 0 Å². The first-order valence-electron chi connectivity index (χ1n) is 6.58. The molecular weight excluding hydrogens is 294 g/mol. The van der Waals surface area contributed by atoms with Crippen molar-refractivity contribution in [2.75, 3.05) is 6.61 Å². The molecule has 3 N–H and O–H groups in total. The molecule has 1 atom stereocenters. The van der Waals surface area contributed by atoms with Crippen molar-refractivity contribution < 1.29 is 23.4 Å². The van der Waals surface area contributed by atoms with Gasteiger partial charge in [-0.3, -0.25) is 0 Å². The fraction of sp³-hybridized carbons (Fsp3) is 0.500. The normalized spacial score (nSPS) is 13.4. The molecule has 1 aromatic rings. The number of hydrogen-bond acceptors (Lipinski definition) is 4. The van der Waals surface area contributed by atoms with Crippen molar-refractivity contribution in [3.8, 4) is 0 Å². The minimum absolute atomic E-state index is 0.0704. The zero-order valence-corrected chi connectivity index (χ0v) is 13.4. The maximum Gasteiger partial charge on any atom is 0.335 e. The van der Waals surface area contributed by atoms with Crippen LogP contribution in [0.1, 0.15) is 35.3 Å². The summed E-state index contributed by atoms with van der Waals surface area (Å²) in [5.74, 6) is -1.27. The number of aliphatic hydroxyl groups excluding tert-OH is 1. The maximum atomic E-state index is 12.4. The molecule has 0 spiro atoms. The summed E-state index contributed by atoms with van der Waals surface area (Å²) in [7, 11) is -3.90. The number of sulfonamides is 1. The Morgan fingerprint density at radius 3 is 2.29 bits per heavy atom. The molecule has 0 heterocycles. The molecular formula is C14H21NO5S. The quantitative estimate of drug-likeness (QED) is 0.734. The molecule has 0 aliphatic carbocycles. The molecule has 0 aliphatic rings. The largest absolute Gasteiger partial charge is 0.478 e. The van der Waals surface area contributed by atoms with Crippen molar-refractivity contribution in [1.82, 2.24) is 4.72 Å². The molecule has 118 valence electrons. The number of benzene rings is 1. The lowest BCUT2D eigenvalue weighted by Gasteiger charge is -2.21. The number of nitrogens with one attached hydrogen (secondary N) is 1. The lowest BCUT2D eigenvalue weighted by atomic mass is 10.1. The molecule has 21 heavy (non-hydrogen) atoms. The number of carboxylic acid groups (broad SMARTS) is 1. The smallest absolute Gasteiger partial charge is 0.335 e. The van der Waals surface area contributed by atoms with Crippen LogP contribution in [0.4, 0.5) is 0 Å².